The number of fused-ring (bicyclic) bond motifs is 1. The summed E-state index contributed by atoms with van der Waals surface area (Å²) in [5.41, 5.74) is 2.28. The van der Waals surface area contributed by atoms with Gasteiger partial charge in [-0.25, -0.2) is 9.78 Å². The minimum Gasteiger partial charge on any atom is -0.477 e. The van der Waals surface area contributed by atoms with E-state index >= 15 is 0 Å². The maximum absolute atomic E-state index is 12.8. The fraction of sp³-hybridized carbons (Fsp3) is 0.519. The Labute approximate surface area is 208 Å². The van der Waals surface area contributed by atoms with E-state index in [0.717, 1.165) is 42.7 Å². The first-order chi connectivity index (χ1) is 17.0. The minimum atomic E-state index is -1.19. The van der Waals surface area contributed by atoms with Crippen molar-refractivity contribution in [2.75, 3.05) is 25.0 Å². The summed E-state index contributed by atoms with van der Waals surface area (Å²) in [6, 6.07) is 3.76. The number of carboxylic acid groups (broad SMARTS) is 1. The second-order valence-corrected chi connectivity index (χ2v) is 8.11. The summed E-state index contributed by atoms with van der Waals surface area (Å²) in [6.07, 6.45) is 6.58. The normalized spacial score (nSPS) is 15.7. The molecular formula is C27H40N4O4. The van der Waals surface area contributed by atoms with E-state index in [4.69, 9.17) is 4.42 Å². The van der Waals surface area contributed by atoms with Crippen LogP contribution in [0.4, 0.5) is 5.69 Å². The van der Waals surface area contributed by atoms with E-state index in [1.54, 1.807) is 18.5 Å². The lowest BCUT2D eigenvalue weighted by molar-refractivity contribution is 0.0694. The van der Waals surface area contributed by atoms with Crippen molar-refractivity contribution in [3.63, 3.8) is 0 Å². The highest BCUT2D eigenvalue weighted by Crippen LogP contribution is 2.35. The molecule has 3 aromatic rings. The quantitative estimate of drug-likeness (QED) is 0.473. The van der Waals surface area contributed by atoms with Gasteiger partial charge in [0.25, 0.3) is 0 Å². The number of nitrogens with zero attached hydrogens (tertiary/aromatic N) is 3. The van der Waals surface area contributed by atoms with Crippen LogP contribution in [0.3, 0.4) is 0 Å². The standard InChI is InChI=1S/C23H28N4O4.2C2H6/c1-4-9-27-13-17(23(29)30)21(28)16-5-6-18(14(2)20(16)27)26-10-7-15(12-26)19(24-3)22-25-8-11-31-22;2*1-2/h5-6,8,11,13,15,19,24H,4,7,9-10,12H2,1-3H3,(H,29,30);2*1-2H3. The Kier molecular flexibility index (Phi) is 10.5. The predicted molar refractivity (Wildman–Crippen MR) is 142 cm³/mol. The fourth-order valence-corrected chi connectivity index (χ4v) is 4.81. The third-order valence-corrected chi connectivity index (χ3v) is 6.22. The molecule has 0 aliphatic carbocycles. The zero-order chi connectivity index (χ0) is 26.1. The van der Waals surface area contributed by atoms with Gasteiger partial charge in [0, 0.05) is 42.8 Å². The van der Waals surface area contributed by atoms with Gasteiger partial charge in [-0.2, -0.15) is 0 Å². The molecule has 1 saturated heterocycles. The number of rotatable bonds is 7. The fourth-order valence-electron chi connectivity index (χ4n) is 4.81. The van der Waals surface area contributed by atoms with Crippen LogP contribution in [0, 0.1) is 12.8 Å². The molecule has 8 nitrogen and oxygen atoms in total. The van der Waals surface area contributed by atoms with Gasteiger partial charge in [-0.05, 0) is 44.5 Å². The van der Waals surface area contributed by atoms with Gasteiger partial charge in [0.1, 0.15) is 11.8 Å². The van der Waals surface area contributed by atoms with Crippen LogP contribution in [0.2, 0.25) is 0 Å². The highest BCUT2D eigenvalue weighted by molar-refractivity contribution is 5.95. The number of hydrogen-bond acceptors (Lipinski definition) is 6. The highest BCUT2D eigenvalue weighted by Gasteiger charge is 2.33. The van der Waals surface area contributed by atoms with Gasteiger partial charge in [-0.3, -0.25) is 4.79 Å². The largest absolute Gasteiger partial charge is 0.477 e. The van der Waals surface area contributed by atoms with Crippen LogP contribution in [0.5, 0.6) is 0 Å². The van der Waals surface area contributed by atoms with Crippen LogP contribution in [0.25, 0.3) is 10.9 Å². The lowest BCUT2D eigenvalue weighted by Gasteiger charge is -2.25. The number of pyridine rings is 1. The summed E-state index contributed by atoms with van der Waals surface area (Å²) >= 11 is 0. The number of oxazole rings is 1. The number of anilines is 1. The maximum atomic E-state index is 12.8. The molecule has 8 heteroatoms. The Morgan fingerprint density at radius 1 is 1.29 bits per heavy atom. The molecule has 0 amide bonds. The van der Waals surface area contributed by atoms with Crippen molar-refractivity contribution in [2.45, 2.75) is 67.0 Å². The summed E-state index contributed by atoms with van der Waals surface area (Å²) in [5.74, 6) is -0.154. The number of aromatic nitrogens is 2. The van der Waals surface area contributed by atoms with Crippen molar-refractivity contribution in [2.24, 2.45) is 5.92 Å². The topological polar surface area (TPSA) is 101 Å². The van der Waals surface area contributed by atoms with Crippen molar-refractivity contribution in [3.8, 4) is 0 Å². The second kappa shape index (κ2) is 13.1. The average molecular weight is 485 g/mol. The average Bonchev–Trinajstić information content (AvgIpc) is 3.57. The van der Waals surface area contributed by atoms with Crippen molar-refractivity contribution < 1.29 is 14.3 Å². The number of carboxylic acids is 1. The Hall–Kier alpha value is -3.13. The molecule has 1 fully saturated rings. The lowest BCUT2D eigenvalue weighted by atomic mass is 9.99. The van der Waals surface area contributed by atoms with Gasteiger partial charge in [0.2, 0.25) is 11.3 Å². The molecule has 4 rings (SSSR count). The van der Waals surface area contributed by atoms with Crippen LogP contribution in [-0.4, -0.2) is 40.8 Å². The SMILES string of the molecule is CC.CC.CCCn1cc(C(=O)O)c(=O)c2ccc(N3CCC(C(NC)c4ncco4)C3)c(C)c21. The smallest absolute Gasteiger partial charge is 0.341 e. The zero-order valence-corrected chi connectivity index (χ0v) is 22.1. The number of aromatic carboxylic acids is 1. The minimum absolute atomic E-state index is 0.0390. The number of hydrogen-bond donors (Lipinski definition) is 2. The Balaban J connectivity index is 0.00000103. The van der Waals surface area contributed by atoms with Crippen LogP contribution in [-0.2, 0) is 6.54 Å². The van der Waals surface area contributed by atoms with Crippen molar-refractivity contribution >= 4 is 22.6 Å². The predicted octanol–water partition coefficient (Wildman–Crippen LogP) is 5.25. The van der Waals surface area contributed by atoms with Crippen LogP contribution < -0.4 is 15.6 Å². The van der Waals surface area contributed by atoms with E-state index in [0.29, 0.717) is 23.7 Å². The Morgan fingerprint density at radius 2 is 2.00 bits per heavy atom. The van der Waals surface area contributed by atoms with Gasteiger partial charge in [0.15, 0.2) is 0 Å². The molecule has 3 heterocycles. The van der Waals surface area contributed by atoms with E-state index in [9.17, 15) is 14.7 Å². The number of carbonyl (C=O) groups is 1. The molecule has 2 aromatic heterocycles. The van der Waals surface area contributed by atoms with Crippen LogP contribution >= 0.6 is 0 Å². The Morgan fingerprint density at radius 3 is 2.57 bits per heavy atom. The monoisotopic (exact) mass is 484 g/mol. The molecule has 192 valence electrons. The molecular weight excluding hydrogens is 444 g/mol. The van der Waals surface area contributed by atoms with Gasteiger partial charge in [0.05, 0.1) is 17.8 Å². The first-order valence-corrected chi connectivity index (χ1v) is 12.7. The number of benzene rings is 1. The summed E-state index contributed by atoms with van der Waals surface area (Å²) in [6.45, 7) is 14.4. The van der Waals surface area contributed by atoms with Gasteiger partial charge < -0.3 is 24.3 Å². The van der Waals surface area contributed by atoms with E-state index in [1.165, 1.54) is 6.20 Å². The van der Waals surface area contributed by atoms with E-state index < -0.39 is 11.4 Å². The molecule has 35 heavy (non-hydrogen) atoms. The molecule has 2 unspecified atom stereocenters. The Bertz CT molecular complexity index is 1150. The molecule has 1 aromatic carbocycles. The van der Waals surface area contributed by atoms with Crippen molar-refractivity contribution in [3.05, 3.63) is 58.0 Å². The summed E-state index contributed by atoms with van der Waals surface area (Å²) in [4.78, 5) is 31.0. The van der Waals surface area contributed by atoms with Crippen molar-refractivity contribution in [1.29, 1.82) is 0 Å². The molecule has 0 radical (unpaired) electrons. The summed E-state index contributed by atoms with van der Waals surface area (Å²) in [7, 11) is 1.92. The number of aryl methyl sites for hydroxylation is 2. The van der Waals surface area contributed by atoms with Gasteiger partial charge >= 0.3 is 5.97 Å². The molecule has 2 atom stereocenters. The molecule has 1 aliphatic rings. The van der Waals surface area contributed by atoms with Crippen molar-refractivity contribution in [1.82, 2.24) is 14.9 Å². The van der Waals surface area contributed by atoms with Crippen LogP contribution in [0.15, 0.2) is 40.0 Å². The molecule has 2 N–H and O–H groups in total. The third-order valence-electron chi connectivity index (χ3n) is 6.22. The van der Waals surface area contributed by atoms with E-state index in [-0.39, 0.29) is 11.6 Å². The maximum Gasteiger partial charge on any atom is 0.341 e. The van der Waals surface area contributed by atoms with E-state index in [2.05, 4.69) is 15.2 Å². The molecule has 0 spiro atoms. The lowest BCUT2D eigenvalue weighted by Crippen LogP contribution is -2.29. The highest BCUT2D eigenvalue weighted by atomic mass is 16.4. The van der Waals surface area contributed by atoms with Gasteiger partial charge in [-0.1, -0.05) is 34.6 Å². The molecule has 0 saturated carbocycles. The molecule has 1 aliphatic heterocycles. The second-order valence-electron chi connectivity index (χ2n) is 8.11. The van der Waals surface area contributed by atoms with E-state index in [1.807, 2.05) is 59.2 Å². The first-order valence-electron chi connectivity index (χ1n) is 12.7. The third kappa shape index (κ3) is 5.75. The van der Waals surface area contributed by atoms with Crippen LogP contribution in [0.1, 0.15) is 75.3 Å². The first kappa shape index (κ1) is 28.1. The number of nitrogens with one attached hydrogen (secondary N) is 1. The summed E-state index contributed by atoms with van der Waals surface area (Å²) < 4.78 is 7.44. The van der Waals surface area contributed by atoms with Gasteiger partial charge in [-0.15, -0.1) is 0 Å². The zero-order valence-electron chi connectivity index (χ0n) is 22.1. The molecule has 0 bridgehead atoms. The summed E-state index contributed by atoms with van der Waals surface area (Å²) in [5, 5.41) is 13.2.